The van der Waals surface area contributed by atoms with Crippen LogP contribution in [-0.2, 0) is 11.3 Å². The van der Waals surface area contributed by atoms with Crippen molar-refractivity contribution in [2.75, 3.05) is 20.3 Å². The Bertz CT molecular complexity index is 448. The van der Waals surface area contributed by atoms with E-state index in [0.717, 1.165) is 55.1 Å². The standard InChI is InChI=1S/C16H26N2O2/c1-5-15-13(6-7-20-15)9-17-10-14-12(3)16(19-4)11(2)8-18-14/h8,13,15,17H,5-7,9-10H2,1-4H3. The normalized spacial score (nSPS) is 22.2. The SMILES string of the molecule is CCC1OCCC1CNCc1ncc(C)c(OC)c1C. The van der Waals surface area contributed by atoms with Gasteiger partial charge in [-0.15, -0.1) is 0 Å². The van der Waals surface area contributed by atoms with Gasteiger partial charge in [-0.2, -0.15) is 0 Å². The highest BCUT2D eigenvalue weighted by atomic mass is 16.5. The van der Waals surface area contributed by atoms with E-state index < -0.39 is 0 Å². The van der Waals surface area contributed by atoms with Crippen molar-refractivity contribution < 1.29 is 9.47 Å². The molecule has 0 aliphatic carbocycles. The van der Waals surface area contributed by atoms with Crippen molar-refractivity contribution in [2.24, 2.45) is 5.92 Å². The van der Waals surface area contributed by atoms with E-state index in [0.29, 0.717) is 12.0 Å². The lowest BCUT2D eigenvalue weighted by Crippen LogP contribution is -2.28. The summed E-state index contributed by atoms with van der Waals surface area (Å²) in [5.41, 5.74) is 3.29. The molecule has 2 rings (SSSR count). The second kappa shape index (κ2) is 7.04. The molecule has 1 aromatic rings. The van der Waals surface area contributed by atoms with E-state index in [1.165, 1.54) is 0 Å². The number of nitrogens with one attached hydrogen (secondary N) is 1. The number of aryl methyl sites for hydroxylation is 1. The van der Waals surface area contributed by atoms with Gasteiger partial charge in [0.1, 0.15) is 5.75 Å². The lowest BCUT2D eigenvalue weighted by molar-refractivity contribution is 0.0872. The maximum atomic E-state index is 5.72. The van der Waals surface area contributed by atoms with Crippen LogP contribution in [0.3, 0.4) is 0 Å². The molecule has 2 heterocycles. The summed E-state index contributed by atoms with van der Waals surface area (Å²) in [5.74, 6) is 1.58. The van der Waals surface area contributed by atoms with Crippen LogP contribution in [0.25, 0.3) is 0 Å². The molecule has 0 saturated carbocycles. The van der Waals surface area contributed by atoms with Crippen molar-refractivity contribution in [1.82, 2.24) is 10.3 Å². The summed E-state index contributed by atoms with van der Waals surface area (Å²) in [6.45, 7) is 8.98. The Morgan fingerprint density at radius 3 is 2.95 bits per heavy atom. The molecule has 4 nitrogen and oxygen atoms in total. The maximum absolute atomic E-state index is 5.72. The second-order valence-electron chi connectivity index (χ2n) is 5.54. The Balaban J connectivity index is 1.91. The Kier molecular flexibility index (Phi) is 5.38. The zero-order chi connectivity index (χ0) is 14.5. The number of nitrogens with zero attached hydrogens (tertiary/aromatic N) is 1. The summed E-state index contributed by atoms with van der Waals surface area (Å²) in [4.78, 5) is 4.52. The summed E-state index contributed by atoms with van der Waals surface area (Å²) in [6.07, 6.45) is 4.57. The number of methoxy groups -OCH3 is 1. The minimum atomic E-state index is 0.420. The number of pyridine rings is 1. The van der Waals surface area contributed by atoms with Crippen molar-refractivity contribution in [2.45, 2.75) is 46.3 Å². The van der Waals surface area contributed by atoms with E-state index >= 15 is 0 Å². The van der Waals surface area contributed by atoms with Crippen LogP contribution < -0.4 is 10.1 Å². The van der Waals surface area contributed by atoms with Crippen molar-refractivity contribution in [3.8, 4) is 5.75 Å². The van der Waals surface area contributed by atoms with Crippen LogP contribution in [-0.4, -0.2) is 31.3 Å². The zero-order valence-corrected chi connectivity index (χ0v) is 13.0. The first-order valence-corrected chi connectivity index (χ1v) is 7.48. The minimum Gasteiger partial charge on any atom is -0.496 e. The van der Waals surface area contributed by atoms with Crippen molar-refractivity contribution in [1.29, 1.82) is 0 Å². The third kappa shape index (κ3) is 3.30. The number of hydrogen-bond acceptors (Lipinski definition) is 4. The molecular formula is C16H26N2O2. The molecule has 20 heavy (non-hydrogen) atoms. The van der Waals surface area contributed by atoms with Gasteiger partial charge in [0.2, 0.25) is 0 Å². The highest BCUT2D eigenvalue weighted by molar-refractivity contribution is 5.40. The third-order valence-corrected chi connectivity index (χ3v) is 4.20. The second-order valence-corrected chi connectivity index (χ2v) is 5.54. The predicted molar refractivity (Wildman–Crippen MR) is 80.1 cm³/mol. The molecule has 0 bridgehead atoms. The van der Waals surface area contributed by atoms with E-state index in [1.807, 2.05) is 13.1 Å². The molecule has 1 aromatic heterocycles. The van der Waals surface area contributed by atoms with Crippen LogP contribution in [0.2, 0.25) is 0 Å². The van der Waals surface area contributed by atoms with E-state index in [-0.39, 0.29) is 0 Å². The first-order valence-electron chi connectivity index (χ1n) is 7.48. The monoisotopic (exact) mass is 278 g/mol. The molecule has 0 radical (unpaired) electrons. The van der Waals surface area contributed by atoms with Gasteiger partial charge in [-0.25, -0.2) is 0 Å². The largest absolute Gasteiger partial charge is 0.496 e. The van der Waals surface area contributed by atoms with Gasteiger partial charge in [-0.05, 0) is 32.6 Å². The first-order chi connectivity index (χ1) is 9.67. The van der Waals surface area contributed by atoms with Gasteiger partial charge in [0.25, 0.3) is 0 Å². The maximum Gasteiger partial charge on any atom is 0.128 e. The lowest BCUT2D eigenvalue weighted by Gasteiger charge is -2.18. The highest BCUT2D eigenvalue weighted by Crippen LogP contribution is 2.25. The van der Waals surface area contributed by atoms with Crippen LogP contribution in [0.1, 0.15) is 36.6 Å². The van der Waals surface area contributed by atoms with Gasteiger partial charge in [0, 0.05) is 37.0 Å². The fraction of sp³-hybridized carbons (Fsp3) is 0.688. The van der Waals surface area contributed by atoms with Gasteiger partial charge in [-0.3, -0.25) is 4.98 Å². The Hall–Kier alpha value is -1.13. The van der Waals surface area contributed by atoms with Crippen molar-refractivity contribution in [3.63, 3.8) is 0 Å². The van der Waals surface area contributed by atoms with Crippen LogP contribution in [0.4, 0.5) is 0 Å². The van der Waals surface area contributed by atoms with Gasteiger partial charge in [0.05, 0.1) is 18.9 Å². The summed E-state index contributed by atoms with van der Waals surface area (Å²) in [7, 11) is 1.72. The zero-order valence-electron chi connectivity index (χ0n) is 13.0. The molecule has 1 fully saturated rings. The molecule has 0 amide bonds. The van der Waals surface area contributed by atoms with Crippen LogP contribution in [0.15, 0.2) is 6.20 Å². The summed E-state index contributed by atoms with van der Waals surface area (Å²) < 4.78 is 11.2. The van der Waals surface area contributed by atoms with Gasteiger partial charge in [-0.1, -0.05) is 6.92 Å². The van der Waals surface area contributed by atoms with Gasteiger partial charge < -0.3 is 14.8 Å². The molecule has 112 valence electrons. The van der Waals surface area contributed by atoms with Crippen molar-refractivity contribution >= 4 is 0 Å². The molecular weight excluding hydrogens is 252 g/mol. The van der Waals surface area contributed by atoms with E-state index in [4.69, 9.17) is 9.47 Å². The Morgan fingerprint density at radius 1 is 1.45 bits per heavy atom. The van der Waals surface area contributed by atoms with Crippen LogP contribution in [0, 0.1) is 19.8 Å². The molecule has 4 heteroatoms. The van der Waals surface area contributed by atoms with Crippen molar-refractivity contribution in [3.05, 3.63) is 23.0 Å². The number of hydrogen-bond donors (Lipinski definition) is 1. The molecule has 1 aliphatic heterocycles. The molecule has 2 atom stereocenters. The predicted octanol–water partition coefficient (Wildman–Crippen LogP) is 2.61. The molecule has 1 aliphatic rings. The average Bonchev–Trinajstić information content (AvgIpc) is 2.89. The summed E-state index contributed by atoms with van der Waals surface area (Å²) in [6, 6.07) is 0. The van der Waals surface area contributed by atoms with Gasteiger partial charge >= 0.3 is 0 Å². The third-order valence-electron chi connectivity index (χ3n) is 4.20. The molecule has 2 unspecified atom stereocenters. The topological polar surface area (TPSA) is 43.4 Å². The molecule has 1 N–H and O–H groups in total. The number of rotatable bonds is 6. The quantitative estimate of drug-likeness (QED) is 0.868. The fourth-order valence-electron chi connectivity index (χ4n) is 3.00. The summed E-state index contributed by atoms with van der Waals surface area (Å²) in [5, 5.41) is 3.52. The smallest absolute Gasteiger partial charge is 0.128 e. The Morgan fingerprint density at radius 2 is 2.25 bits per heavy atom. The highest BCUT2D eigenvalue weighted by Gasteiger charge is 2.26. The van der Waals surface area contributed by atoms with E-state index in [9.17, 15) is 0 Å². The lowest BCUT2D eigenvalue weighted by atomic mass is 9.99. The molecule has 0 spiro atoms. The van der Waals surface area contributed by atoms with E-state index in [2.05, 4.69) is 24.1 Å². The summed E-state index contributed by atoms with van der Waals surface area (Å²) >= 11 is 0. The Labute approximate surface area is 121 Å². The minimum absolute atomic E-state index is 0.420. The average molecular weight is 278 g/mol. The molecule has 1 saturated heterocycles. The number of ether oxygens (including phenoxy) is 2. The van der Waals surface area contributed by atoms with Crippen LogP contribution in [0.5, 0.6) is 5.75 Å². The van der Waals surface area contributed by atoms with Crippen LogP contribution >= 0.6 is 0 Å². The number of aromatic nitrogens is 1. The van der Waals surface area contributed by atoms with E-state index in [1.54, 1.807) is 7.11 Å². The van der Waals surface area contributed by atoms with Gasteiger partial charge in [0.15, 0.2) is 0 Å². The first kappa shape index (κ1) is 15.3. The molecule has 0 aromatic carbocycles. The fourth-order valence-corrected chi connectivity index (χ4v) is 3.00.